The van der Waals surface area contributed by atoms with Crippen molar-refractivity contribution in [3.8, 4) is 33.9 Å². The predicted molar refractivity (Wildman–Crippen MR) is 214 cm³/mol. The molecule has 2 heterocycles. The highest BCUT2D eigenvalue weighted by Crippen LogP contribution is 2.48. The van der Waals surface area contributed by atoms with Gasteiger partial charge in [0, 0.05) is 20.7 Å². The summed E-state index contributed by atoms with van der Waals surface area (Å²) in [5.74, 6) is 2.21. The molecule has 0 fully saturated rings. The molecule has 1 atom stereocenters. The fourth-order valence-electron chi connectivity index (χ4n) is 7.75. The van der Waals surface area contributed by atoms with Gasteiger partial charge in [-0.2, -0.15) is 0 Å². The lowest BCUT2D eigenvalue weighted by Gasteiger charge is -2.24. The maximum Gasteiger partial charge on any atom is 0.163 e. The van der Waals surface area contributed by atoms with Crippen LogP contribution in [-0.2, 0) is 6.42 Å². The second kappa shape index (κ2) is 12.4. The van der Waals surface area contributed by atoms with Crippen molar-refractivity contribution in [2.45, 2.75) is 25.2 Å². The van der Waals surface area contributed by atoms with Gasteiger partial charge < -0.3 is 0 Å². The Morgan fingerprint density at radius 3 is 2.22 bits per heavy atom. The van der Waals surface area contributed by atoms with E-state index in [0.29, 0.717) is 5.82 Å². The van der Waals surface area contributed by atoms with Crippen LogP contribution in [0.4, 0.5) is 0 Å². The number of thiophene rings is 1. The van der Waals surface area contributed by atoms with E-state index in [0.717, 1.165) is 42.0 Å². The Bertz CT molecular complexity index is 2680. The van der Waals surface area contributed by atoms with Crippen molar-refractivity contribution in [1.82, 2.24) is 15.0 Å². The normalized spacial score (nSPS) is 15.1. The van der Waals surface area contributed by atoms with Gasteiger partial charge in [0.15, 0.2) is 11.6 Å². The Labute approximate surface area is 301 Å². The quantitative estimate of drug-likeness (QED) is 0.183. The van der Waals surface area contributed by atoms with Crippen molar-refractivity contribution in [3.63, 3.8) is 0 Å². The van der Waals surface area contributed by atoms with E-state index in [1.54, 1.807) is 0 Å². The Hall–Kier alpha value is -5.97. The Balaban J connectivity index is 1.16. The van der Waals surface area contributed by atoms with Crippen LogP contribution in [0.1, 0.15) is 51.7 Å². The maximum absolute atomic E-state index is 5.38. The maximum atomic E-state index is 5.38. The van der Waals surface area contributed by atoms with Crippen LogP contribution >= 0.6 is 11.3 Å². The van der Waals surface area contributed by atoms with Gasteiger partial charge in [-0.25, -0.2) is 15.0 Å². The van der Waals surface area contributed by atoms with Gasteiger partial charge in [-0.3, -0.25) is 0 Å². The molecule has 0 saturated carbocycles. The largest absolute Gasteiger partial charge is 0.212 e. The molecule has 0 N–H and O–H groups in total. The van der Waals surface area contributed by atoms with Gasteiger partial charge >= 0.3 is 0 Å². The highest BCUT2D eigenvalue weighted by atomic mass is 32.1. The molecule has 51 heavy (non-hydrogen) atoms. The van der Waals surface area contributed by atoms with Crippen molar-refractivity contribution in [3.05, 3.63) is 179 Å². The molecule has 4 heteroatoms. The molecule has 8 aromatic rings. The Kier molecular flexibility index (Phi) is 7.28. The lowest BCUT2D eigenvalue weighted by atomic mass is 9.82. The van der Waals surface area contributed by atoms with Gasteiger partial charge in [0.1, 0.15) is 5.82 Å². The van der Waals surface area contributed by atoms with Crippen molar-refractivity contribution in [1.29, 1.82) is 0 Å². The molecule has 2 aromatic heterocycles. The van der Waals surface area contributed by atoms with E-state index >= 15 is 0 Å². The Morgan fingerprint density at radius 2 is 1.31 bits per heavy atom. The first-order valence-electron chi connectivity index (χ1n) is 17.7. The fourth-order valence-corrected chi connectivity index (χ4v) is 8.98. The summed E-state index contributed by atoms with van der Waals surface area (Å²) < 4.78 is 1.29. The zero-order valence-electron chi connectivity index (χ0n) is 28.0. The molecule has 0 amide bonds. The molecule has 2 aliphatic carbocycles. The number of fused-ring (bicyclic) bond motifs is 5. The first-order chi connectivity index (χ1) is 25.2. The lowest BCUT2D eigenvalue weighted by molar-refractivity contribution is 0.757. The van der Waals surface area contributed by atoms with Crippen LogP contribution in [0.5, 0.6) is 0 Å². The van der Waals surface area contributed by atoms with E-state index in [2.05, 4.69) is 158 Å². The smallest absolute Gasteiger partial charge is 0.163 e. The third kappa shape index (κ3) is 5.49. The van der Waals surface area contributed by atoms with Gasteiger partial charge in [-0.1, -0.05) is 127 Å². The summed E-state index contributed by atoms with van der Waals surface area (Å²) in [5.41, 5.74) is 10.9. The van der Waals surface area contributed by atoms with Crippen molar-refractivity contribution < 1.29 is 0 Å². The minimum atomic E-state index is -0.0435. The van der Waals surface area contributed by atoms with E-state index < -0.39 is 0 Å². The van der Waals surface area contributed by atoms with Gasteiger partial charge in [0.2, 0.25) is 0 Å². The average Bonchev–Trinajstić information content (AvgIpc) is 3.59. The number of hydrogen-bond acceptors (Lipinski definition) is 4. The van der Waals surface area contributed by atoms with E-state index in [1.807, 2.05) is 11.3 Å². The number of benzene rings is 6. The molecule has 0 spiro atoms. The zero-order chi connectivity index (χ0) is 33.7. The zero-order valence-corrected chi connectivity index (χ0v) is 28.8. The summed E-state index contributed by atoms with van der Waals surface area (Å²) in [6, 6.07) is 50.1. The first-order valence-corrected chi connectivity index (χ1v) is 18.5. The number of aryl methyl sites for hydroxylation is 1. The number of hydrogen-bond donors (Lipinski definition) is 0. The second-order valence-corrected chi connectivity index (χ2v) is 14.6. The number of allylic oxidation sites excluding steroid dienone is 2. The van der Waals surface area contributed by atoms with Crippen molar-refractivity contribution >= 4 is 49.9 Å². The van der Waals surface area contributed by atoms with Gasteiger partial charge in [0.25, 0.3) is 0 Å². The highest BCUT2D eigenvalue weighted by Gasteiger charge is 2.31. The molecule has 10 rings (SSSR count). The van der Waals surface area contributed by atoms with E-state index in [1.165, 1.54) is 64.7 Å². The molecular weight excluding hydrogens is 639 g/mol. The third-order valence-corrected chi connectivity index (χ3v) is 11.5. The molecule has 0 saturated heterocycles. The summed E-state index contributed by atoms with van der Waals surface area (Å²) >= 11 is 1.86. The fraction of sp³-hybridized carbons (Fsp3) is 0.0851. The minimum absolute atomic E-state index is 0.0435. The molecule has 6 aromatic carbocycles. The summed E-state index contributed by atoms with van der Waals surface area (Å²) in [6.45, 7) is 0. The van der Waals surface area contributed by atoms with E-state index in [9.17, 15) is 0 Å². The number of aromatic nitrogens is 3. The lowest BCUT2D eigenvalue weighted by Crippen LogP contribution is -2.13. The summed E-state index contributed by atoms with van der Waals surface area (Å²) in [6.07, 6.45) is 9.77. The minimum Gasteiger partial charge on any atom is -0.212 e. The summed E-state index contributed by atoms with van der Waals surface area (Å²) in [4.78, 5) is 17.2. The monoisotopic (exact) mass is 671 g/mol. The van der Waals surface area contributed by atoms with Gasteiger partial charge in [-0.15, -0.1) is 11.3 Å². The molecule has 0 bridgehead atoms. The molecule has 242 valence electrons. The van der Waals surface area contributed by atoms with Crippen LogP contribution < -0.4 is 0 Å². The topological polar surface area (TPSA) is 38.7 Å². The van der Waals surface area contributed by atoms with Crippen LogP contribution in [0.15, 0.2) is 146 Å². The van der Waals surface area contributed by atoms with Crippen molar-refractivity contribution in [2.24, 2.45) is 0 Å². The van der Waals surface area contributed by atoms with Crippen LogP contribution in [0.3, 0.4) is 0 Å². The van der Waals surface area contributed by atoms with Crippen LogP contribution in [0.25, 0.3) is 72.5 Å². The molecule has 2 aliphatic rings. The Morgan fingerprint density at radius 1 is 0.569 bits per heavy atom. The molecular formula is C47H33N3S. The molecule has 0 aliphatic heterocycles. The van der Waals surface area contributed by atoms with Crippen LogP contribution in [0, 0.1) is 0 Å². The predicted octanol–water partition coefficient (Wildman–Crippen LogP) is 12.3. The van der Waals surface area contributed by atoms with Crippen molar-refractivity contribution in [2.75, 3.05) is 0 Å². The first kappa shape index (κ1) is 29.9. The van der Waals surface area contributed by atoms with Gasteiger partial charge in [0.05, 0.1) is 5.92 Å². The molecule has 1 unspecified atom stereocenters. The van der Waals surface area contributed by atoms with Gasteiger partial charge in [-0.05, 0) is 105 Å². The number of nitrogens with zero attached hydrogens (tertiary/aromatic N) is 3. The highest BCUT2D eigenvalue weighted by molar-refractivity contribution is 7.20. The van der Waals surface area contributed by atoms with E-state index in [-0.39, 0.29) is 5.92 Å². The number of rotatable bonds is 5. The molecule has 0 radical (unpaired) electrons. The SMILES string of the molecule is C1=Cc2ccc(-c3nc(-c4ccc5ccccc5c4)nc(C4CC(c5cccc(-c6ccccc6)c5)=Cc5sc6ccccc6c54)n3)cc2CC1. The van der Waals surface area contributed by atoms with Crippen LogP contribution in [0.2, 0.25) is 0 Å². The summed E-state index contributed by atoms with van der Waals surface area (Å²) in [5, 5.41) is 3.66. The second-order valence-electron chi connectivity index (χ2n) is 13.5. The van der Waals surface area contributed by atoms with Crippen LogP contribution in [-0.4, -0.2) is 15.0 Å². The molecule has 3 nitrogen and oxygen atoms in total. The standard InChI is InChI=1S/C47H33N3S/c1-2-11-30(12-3-1)35-17-10-18-36(25-35)39-28-41(44-40-19-8-9-20-42(40)51-43(44)29-39)47-49-45(37-23-21-31-13-4-6-15-33(31)26-37)48-46(50-47)38-24-22-32-14-5-7-16-34(32)27-38/h1-6,8-15,17-27,29,41H,7,16,28H2. The average molecular weight is 672 g/mol. The summed E-state index contributed by atoms with van der Waals surface area (Å²) in [7, 11) is 0. The van der Waals surface area contributed by atoms with E-state index in [4.69, 9.17) is 15.0 Å². The third-order valence-electron chi connectivity index (χ3n) is 10.3.